The first-order chi connectivity index (χ1) is 9.47. The third kappa shape index (κ3) is 3.67. The standard InChI is InChI=1S/C11H15N5O3S/c1-20(18,19)8-4-2-6-12-10(8)13-7-3-5-9-14-11(17)16-15-9/h2,4,6H,3,5,7H2,1H3,(H,12,13)(H2,14,15,16,17). The van der Waals surface area contributed by atoms with Crippen molar-refractivity contribution in [2.45, 2.75) is 17.7 Å². The van der Waals surface area contributed by atoms with Crippen molar-refractivity contribution in [3.8, 4) is 0 Å². The van der Waals surface area contributed by atoms with Gasteiger partial charge in [-0.1, -0.05) is 0 Å². The third-order valence-corrected chi connectivity index (χ3v) is 3.73. The summed E-state index contributed by atoms with van der Waals surface area (Å²) in [7, 11) is -3.31. The average molecular weight is 297 g/mol. The van der Waals surface area contributed by atoms with Crippen LogP contribution < -0.4 is 11.0 Å². The monoisotopic (exact) mass is 297 g/mol. The van der Waals surface area contributed by atoms with Gasteiger partial charge in [0, 0.05) is 25.4 Å². The van der Waals surface area contributed by atoms with Crippen LogP contribution >= 0.6 is 0 Å². The Bertz CT molecular complexity index is 734. The zero-order valence-electron chi connectivity index (χ0n) is 10.9. The van der Waals surface area contributed by atoms with Crippen LogP contribution in [-0.4, -0.2) is 41.4 Å². The molecule has 0 saturated carbocycles. The predicted molar refractivity (Wildman–Crippen MR) is 73.4 cm³/mol. The molecule has 0 aliphatic rings. The number of aryl methyl sites for hydroxylation is 1. The fourth-order valence-corrected chi connectivity index (χ4v) is 2.51. The van der Waals surface area contributed by atoms with Gasteiger partial charge >= 0.3 is 5.69 Å². The summed E-state index contributed by atoms with van der Waals surface area (Å²) in [6.45, 7) is 0.522. The van der Waals surface area contributed by atoms with E-state index in [0.29, 0.717) is 31.0 Å². The Morgan fingerprint density at radius 3 is 2.85 bits per heavy atom. The first kappa shape index (κ1) is 14.3. The number of hydrogen-bond donors (Lipinski definition) is 3. The number of hydrogen-bond acceptors (Lipinski definition) is 6. The van der Waals surface area contributed by atoms with Crippen LogP contribution in [0.25, 0.3) is 0 Å². The van der Waals surface area contributed by atoms with E-state index < -0.39 is 9.84 Å². The summed E-state index contributed by atoms with van der Waals surface area (Å²) in [6, 6.07) is 3.09. The second kappa shape index (κ2) is 5.87. The quantitative estimate of drug-likeness (QED) is 0.642. The SMILES string of the molecule is CS(=O)(=O)c1cccnc1NCCCc1n[nH]c(=O)[nH]1. The molecule has 2 rings (SSSR count). The number of sulfone groups is 1. The summed E-state index contributed by atoms with van der Waals surface area (Å²) >= 11 is 0. The highest BCUT2D eigenvalue weighted by Gasteiger charge is 2.13. The molecule has 0 aromatic carbocycles. The normalized spacial score (nSPS) is 11.4. The number of aromatic amines is 2. The maximum Gasteiger partial charge on any atom is 0.340 e. The van der Waals surface area contributed by atoms with E-state index in [-0.39, 0.29) is 10.6 Å². The van der Waals surface area contributed by atoms with Gasteiger partial charge in [-0.15, -0.1) is 0 Å². The lowest BCUT2D eigenvalue weighted by atomic mass is 10.3. The molecule has 0 bridgehead atoms. The van der Waals surface area contributed by atoms with Gasteiger partial charge < -0.3 is 5.32 Å². The molecule has 0 spiro atoms. The van der Waals surface area contributed by atoms with Crippen LogP contribution in [0.15, 0.2) is 28.0 Å². The van der Waals surface area contributed by atoms with Gasteiger partial charge in [0.15, 0.2) is 9.84 Å². The van der Waals surface area contributed by atoms with Gasteiger partial charge in [-0.05, 0) is 18.6 Å². The predicted octanol–water partition coefficient (Wildman–Crippen LogP) is -0.0588. The Kier molecular flexibility index (Phi) is 4.18. The van der Waals surface area contributed by atoms with Gasteiger partial charge in [0.1, 0.15) is 16.5 Å². The minimum Gasteiger partial charge on any atom is -0.369 e. The van der Waals surface area contributed by atoms with E-state index in [1.807, 2.05) is 0 Å². The molecule has 2 aromatic rings. The number of anilines is 1. The number of nitrogens with one attached hydrogen (secondary N) is 3. The van der Waals surface area contributed by atoms with Crippen LogP contribution in [0.4, 0.5) is 5.82 Å². The second-order valence-corrected chi connectivity index (χ2v) is 6.26. The molecule has 3 N–H and O–H groups in total. The Morgan fingerprint density at radius 2 is 2.20 bits per heavy atom. The molecule has 20 heavy (non-hydrogen) atoms. The molecule has 8 nitrogen and oxygen atoms in total. The number of nitrogens with zero attached hydrogens (tertiary/aromatic N) is 2. The summed E-state index contributed by atoms with van der Waals surface area (Å²) in [5.41, 5.74) is -0.336. The molecule has 0 saturated heterocycles. The van der Waals surface area contributed by atoms with Crippen molar-refractivity contribution < 1.29 is 8.42 Å². The summed E-state index contributed by atoms with van der Waals surface area (Å²) in [5.74, 6) is 0.909. The highest BCUT2D eigenvalue weighted by molar-refractivity contribution is 7.90. The minimum atomic E-state index is -3.31. The maximum absolute atomic E-state index is 11.6. The zero-order valence-corrected chi connectivity index (χ0v) is 11.7. The van der Waals surface area contributed by atoms with E-state index in [1.54, 1.807) is 6.07 Å². The molecule has 0 aliphatic heterocycles. The number of rotatable bonds is 6. The molecule has 0 fully saturated rings. The molecule has 108 valence electrons. The summed E-state index contributed by atoms with van der Waals surface area (Å²) < 4.78 is 23.2. The van der Waals surface area contributed by atoms with E-state index in [9.17, 15) is 13.2 Å². The van der Waals surface area contributed by atoms with Gasteiger partial charge in [-0.25, -0.2) is 23.3 Å². The van der Waals surface area contributed by atoms with E-state index in [4.69, 9.17) is 0 Å². The largest absolute Gasteiger partial charge is 0.369 e. The number of aromatic nitrogens is 4. The van der Waals surface area contributed by atoms with Crippen molar-refractivity contribution in [1.82, 2.24) is 20.2 Å². The fourth-order valence-electron chi connectivity index (χ4n) is 1.71. The van der Waals surface area contributed by atoms with Crippen molar-refractivity contribution in [2.24, 2.45) is 0 Å². The first-order valence-corrected chi connectivity index (χ1v) is 7.88. The van der Waals surface area contributed by atoms with E-state index in [1.165, 1.54) is 12.3 Å². The van der Waals surface area contributed by atoms with Crippen molar-refractivity contribution >= 4 is 15.7 Å². The minimum absolute atomic E-state index is 0.174. The van der Waals surface area contributed by atoms with Gasteiger partial charge in [0.25, 0.3) is 0 Å². The summed E-state index contributed by atoms with van der Waals surface area (Å²) in [5, 5.41) is 9.04. The van der Waals surface area contributed by atoms with E-state index >= 15 is 0 Å². The molecule has 9 heteroatoms. The van der Waals surface area contributed by atoms with Crippen molar-refractivity contribution in [3.05, 3.63) is 34.6 Å². The lowest BCUT2D eigenvalue weighted by Crippen LogP contribution is -2.10. The molecule has 2 aromatic heterocycles. The topological polar surface area (TPSA) is 121 Å². The fraction of sp³-hybridized carbons (Fsp3) is 0.364. The third-order valence-electron chi connectivity index (χ3n) is 2.60. The van der Waals surface area contributed by atoms with E-state index in [2.05, 4.69) is 25.5 Å². The molecular weight excluding hydrogens is 282 g/mol. The highest BCUT2D eigenvalue weighted by atomic mass is 32.2. The van der Waals surface area contributed by atoms with Crippen LogP contribution in [0.5, 0.6) is 0 Å². The van der Waals surface area contributed by atoms with Crippen LogP contribution in [0, 0.1) is 0 Å². The van der Waals surface area contributed by atoms with Crippen molar-refractivity contribution in [3.63, 3.8) is 0 Å². The van der Waals surface area contributed by atoms with Gasteiger partial charge in [0.05, 0.1) is 0 Å². The molecule has 0 radical (unpaired) electrons. The molecule has 0 unspecified atom stereocenters. The van der Waals surface area contributed by atoms with Crippen molar-refractivity contribution in [1.29, 1.82) is 0 Å². The van der Waals surface area contributed by atoms with E-state index in [0.717, 1.165) is 6.26 Å². The lowest BCUT2D eigenvalue weighted by Gasteiger charge is -2.08. The van der Waals surface area contributed by atoms with Crippen LogP contribution in [0.2, 0.25) is 0 Å². The van der Waals surface area contributed by atoms with Crippen LogP contribution in [-0.2, 0) is 16.3 Å². The van der Waals surface area contributed by atoms with Crippen LogP contribution in [0.1, 0.15) is 12.2 Å². The lowest BCUT2D eigenvalue weighted by molar-refractivity contribution is 0.601. The summed E-state index contributed by atoms with van der Waals surface area (Å²) in [6.07, 6.45) is 3.93. The number of pyridine rings is 1. The Labute approximate surface area is 115 Å². The zero-order chi connectivity index (χ0) is 14.6. The van der Waals surface area contributed by atoms with Gasteiger partial charge in [-0.2, -0.15) is 5.10 Å². The number of H-pyrrole nitrogens is 2. The van der Waals surface area contributed by atoms with Gasteiger partial charge in [-0.3, -0.25) is 4.98 Å². The summed E-state index contributed by atoms with van der Waals surface area (Å²) in [4.78, 5) is 17.6. The van der Waals surface area contributed by atoms with Crippen molar-refractivity contribution in [2.75, 3.05) is 18.1 Å². The first-order valence-electron chi connectivity index (χ1n) is 5.99. The molecule has 0 amide bonds. The molecule has 2 heterocycles. The molecule has 0 atom stereocenters. The maximum atomic E-state index is 11.6. The van der Waals surface area contributed by atoms with Gasteiger partial charge in [0.2, 0.25) is 0 Å². The Hall–Kier alpha value is -2.16. The Balaban J connectivity index is 1.93. The molecule has 0 aliphatic carbocycles. The molecular formula is C11H15N5O3S. The second-order valence-electron chi connectivity index (χ2n) is 4.28. The smallest absolute Gasteiger partial charge is 0.340 e. The van der Waals surface area contributed by atoms with Crippen LogP contribution in [0.3, 0.4) is 0 Å². The average Bonchev–Trinajstić information content (AvgIpc) is 2.80. The highest BCUT2D eigenvalue weighted by Crippen LogP contribution is 2.17. The Morgan fingerprint density at radius 1 is 1.40 bits per heavy atom.